The molecule has 0 radical (unpaired) electrons. The molecule has 4 heteroatoms. The Morgan fingerprint density at radius 3 is 2.47 bits per heavy atom. The van der Waals surface area contributed by atoms with Gasteiger partial charge in [0, 0.05) is 0 Å². The van der Waals surface area contributed by atoms with Gasteiger partial charge in [-0.25, -0.2) is 0 Å². The zero-order valence-electron chi connectivity index (χ0n) is 10.5. The van der Waals surface area contributed by atoms with E-state index in [-0.39, 0.29) is 0 Å². The van der Waals surface area contributed by atoms with Crippen molar-refractivity contribution < 1.29 is 9.64 Å². The zero-order chi connectivity index (χ0) is 12.1. The van der Waals surface area contributed by atoms with Crippen LogP contribution in [-0.2, 0) is 0 Å². The van der Waals surface area contributed by atoms with E-state index < -0.39 is 0 Å². The second-order valence-corrected chi connectivity index (χ2v) is 4.43. The molecule has 1 fully saturated rings. The largest absolute Gasteiger partial charge is 0.497 e. The number of hydrogen-bond donors (Lipinski definition) is 1. The van der Waals surface area contributed by atoms with Gasteiger partial charge < -0.3 is 9.64 Å². The molecule has 0 unspecified atom stereocenters. The first-order valence-electron chi connectivity index (χ1n) is 6.02. The third-order valence-corrected chi connectivity index (χ3v) is 3.08. The van der Waals surface area contributed by atoms with Gasteiger partial charge >= 0.3 is 0 Å². The van der Waals surface area contributed by atoms with Gasteiger partial charge in [0.2, 0.25) is 0 Å². The summed E-state index contributed by atoms with van der Waals surface area (Å²) in [5, 5.41) is 6.63. The molecule has 1 aliphatic heterocycles. The van der Waals surface area contributed by atoms with Gasteiger partial charge in [-0.2, -0.15) is 5.10 Å². The molecule has 0 atom stereocenters. The number of ether oxygens (including phenoxy) is 1. The van der Waals surface area contributed by atoms with Crippen molar-refractivity contribution in [3.05, 3.63) is 29.8 Å². The molecule has 92 valence electrons. The fraction of sp³-hybridized carbons (Fsp3) is 0.462. The highest BCUT2D eigenvalue weighted by atomic mass is 16.5. The number of nitrogens with zero attached hydrogens (tertiary/aromatic N) is 2. The lowest BCUT2D eigenvalue weighted by atomic mass is 10.2. The average Bonchev–Trinajstić information content (AvgIpc) is 2.39. The van der Waals surface area contributed by atoms with Crippen LogP contribution in [0, 0.1) is 0 Å². The van der Waals surface area contributed by atoms with Gasteiger partial charge in [-0.1, -0.05) is 0 Å². The lowest BCUT2D eigenvalue weighted by molar-refractivity contribution is -0.884. The molecule has 17 heavy (non-hydrogen) atoms. The van der Waals surface area contributed by atoms with Crippen LogP contribution >= 0.6 is 0 Å². The van der Waals surface area contributed by atoms with Crippen molar-refractivity contribution >= 4 is 6.21 Å². The molecule has 1 aromatic carbocycles. The molecule has 1 N–H and O–H groups in total. The smallest absolute Gasteiger partial charge is 0.118 e. The number of rotatable bonds is 3. The maximum absolute atomic E-state index is 5.12. The van der Waals surface area contributed by atoms with Gasteiger partial charge in [-0.3, -0.25) is 5.01 Å². The van der Waals surface area contributed by atoms with E-state index in [1.54, 1.807) is 12.0 Å². The second kappa shape index (κ2) is 5.68. The van der Waals surface area contributed by atoms with E-state index in [4.69, 9.17) is 4.74 Å². The number of quaternary nitrogens is 1. The standard InChI is InChI=1S/C13H19N3O/c1-15-7-9-16(10-8-15)14-11-12-3-5-13(17-2)6-4-12/h3-6,11H,7-10H2,1-2H3/p+1/b14-11-. The van der Waals surface area contributed by atoms with Gasteiger partial charge in [-0.05, 0) is 29.8 Å². The van der Waals surface area contributed by atoms with Crippen molar-refractivity contribution in [1.82, 2.24) is 5.01 Å². The van der Waals surface area contributed by atoms with Crippen molar-refractivity contribution in [2.24, 2.45) is 5.10 Å². The van der Waals surface area contributed by atoms with Gasteiger partial charge in [0.05, 0.1) is 46.6 Å². The molecular weight excluding hydrogens is 214 g/mol. The summed E-state index contributed by atoms with van der Waals surface area (Å²) in [7, 11) is 3.90. The van der Waals surface area contributed by atoms with Crippen LogP contribution in [0.3, 0.4) is 0 Å². The van der Waals surface area contributed by atoms with Gasteiger partial charge in [-0.15, -0.1) is 0 Å². The van der Waals surface area contributed by atoms with Crippen molar-refractivity contribution in [2.75, 3.05) is 40.3 Å². The molecule has 0 saturated carbocycles. The Labute approximate surface area is 102 Å². The number of benzene rings is 1. The van der Waals surface area contributed by atoms with E-state index in [0.29, 0.717) is 0 Å². The molecule has 1 heterocycles. The van der Waals surface area contributed by atoms with E-state index in [9.17, 15) is 0 Å². The highest BCUT2D eigenvalue weighted by Crippen LogP contribution is 2.09. The zero-order valence-corrected chi connectivity index (χ0v) is 10.5. The van der Waals surface area contributed by atoms with E-state index in [2.05, 4.69) is 17.2 Å². The van der Waals surface area contributed by atoms with E-state index >= 15 is 0 Å². The van der Waals surface area contributed by atoms with E-state index in [1.807, 2.05) is 30.5 Å². The normalized spacial score (nSPS) is 17.6. The molecule has 4 nitrogen and oxygen atoms in total. The van der Waals surface area contributed by atoms with Crippen LogP contribution in [0.15, 0.2) is 29.4 Å². The summed E-state index contributed by atoms with van der Waals surface area (Å²) in [6.45, 7) is 4.41. The number of likely N-dealkylation sites (N-methyl/N-ethyl adjacent to an activating group) is 1. The fourth-order valence-corrected chi connectivity index (χ4v) is 1.83. The topological polar surface area (TPSA) is 29.3 Å². The van der Waals surface area contributed by atoms with Crippen LogP contribution in [0.4, 0.5) is 0 Å². The SMILES string of the molecule is COc1ccc(/C=N\N2CC[NH+](C)CC2)cc1. The Bertz CT molecular complexity index is 367. The monoisotopic (exact) mass is 234 g/mol. The molecule has 1 aliphatic rings. The number of methoxy groups -OCH3 is 1. The van der Waals surface area contributed by atoms with Gasteiger partial charge in [0.25, 0.3) is 0 Å². The van der Waals surface area contributed by atoms with E-state index in [0.717, 1.165) is 24.4 Å². The van der Waals surface area contributed by atoms with Crippen molar-refractivity contribution in [1.29, 1.82) is 0 Å². The molecule has 1 saturated heterocycles. The minimum Gasteiger partial charge on any atom is -0.497 e. The average molecular weight is 234 g/mol. The summed E-state index contributed by atoms with van der Waals surface area (Å²) >= 11 is 0. The lowest BCUT2D eigenvalue weighted by Gasteiger charge is -2.27. The fourth-order valence-electron chi connectivity index (χ4n) is 1.83. The number of hydrazone groups is 1. The predicted molar refractivity (Wildman–Crippen MR) is 68.8 cm³/mol. The maximum Gasteiger partial charge on any atom is 0.118 e. The lowest BCUT2D eigenvalue weighted by Crippen LogP contribution is -3.11. The maximum atomic E-state index is 5.12. The van der Waals surface area contributed by atoms with Crippen LogP contribution in [0.2, 0.25) is 0 Å². The van der Waals surface area contributed by atoms with Crippen molar-refractivity contribution in [2.45, 2.75) is 0 Å². The van der Waals surface area contributed by atoms with Crippen LogP contribution in [0.25, 0.3) is 0 Å². The minimum absolute atomic E-state index is 0.880. The highest BCUT2D eigenvalue weighted by Gasteiger charge is 2.13. The molecule has 0 spiro atoms. The third-order valence-electron chi connectivity index (χ3n) is 3.08. The first-order valence-corrected chi connectivity index (χ1v) is 6.02. The number of nitrogens with one attached hydrogen (secondary N) is 1. The molecule has 0 bridgehead atoms. The predicted octanol–water partition coefficient (Wildman–Crippen LogP) is -0.141. The summed E-state index contributed by atoms with van der Waals surface area (Å²) < 4.78 is 5.12. The van der Waals surface area contributed by atoms with Crippen LogP contribution in [0.1, 0.15) is 5.56 Å². The van der Waals surface area contributed by atoms with Crippen LogP contribution < -0.4 is 9.64 Å². The van der Waals surface area contributed by atoms with Crippen LogP contribution in [-0.4, -0.2) is 51.6 Å². The Hall–Kier alpha value is -1.55. The van der Waals surface area contributed by atoms with Crippen LogP contribution in [0.5, 0.6) is 5.75 Å². The number of hydrogen-bond acceptors (Lipinski definition) is 3. The quantitative estimate of drug-likeness (QED) is 0.738. The third kappa shape index (κ3) is 3.46. The Balaban J connectivity index is 1.90. The summed E-state index contributed by atoms with van der Waals surface area (Å²) in [6, 6.07) is 7.94. The molecule has 1 aromatic rings. The Kier molecular flexibility index (Phi) is 3.98. The first kappa shape index (κ1) is 11.9. The van der Waals surface area contributed by atoms with Gasteiger partial charge in [0.15, 0.2) is 0 Å². The minimum atomic E-state index is 0.880. The highest BCUT2D eigenvalue weighted by molar-refractivity contribution is 5.79. The molecule has 2 rings (SSSR count). The molecule has 0 aliphatic carbocycles. The van der Waals surface area contributed by atoms with Crippen molar-refractivity contribution in [3.8, 4) is 5.75 Å². The Morgan fingerprint density at radius 1 is 1.24 bits per heavy atom. The molecular formula is C13H20N3O+. The summed E-state index contributed by atoms with van der Waals surface area (Å²) in [5.41, 5.74) is 1.11. The summed E-state index contributed by atoms with van der Waals surface area (Å²) in [5.74, 6) is 0.880. The first-order chi connectivity index (χ1) is 8.28. The summed E-state index contributed by atoms with van der Waals surface area (Å²) in [4.78, 5) is 1.58. The molecule has 0 amide bonds. The summed E-state index contributed by atoms with van der Waals surface area (Å²) in [6.07, 6.45) is 1.92. The van der Waals surface area contributed by atoms with Gasteiger partial charge in [0.1, 0.15) is 5.75 Å². The Morgan fingerprint density at radius 2 is 1.88 bits per heavy atom. The van der Waals surface area contributed by atoms with Crippen molar-refractivity contribution in [3.63, 3.8) is 0 Å². The second-order valence-electron chi connectivity index (χ2n) is 4.43. The van der Waals surface area contributed by atoms with E-state index in [1.165, 1.54) is 13.1 Å². The molecule has 0 aromatic heterocycles. The number of piperazine rings is 1.